The van der Waals surface area contributed by atoms with Crippen molar-refractivity contribution in [2.24, 2.45) is 11.7 Å². The minimum absolute atomic E-state index is 0.130. The summed E-state index contributed by atoms with van der Waals surface area (Å²) < 4.78 is 54.8. The van der Waals surface area contributed by atoms with Gasteiger partial charge in [-0.05, 0) is 61.1 Å². The summed E-state index contributed by atoms with van der Waals surface area (Å²) in [6.45, 7) is 3.06. The highest BCUT2D eigenvalue weighted by Crippen LogP contribution is 2.37. The molecule has 5 unspecified atom stereocenters. The number of nitrogens with two attached hydrogens (primary N) is 1. The highest BCUT2D eigenvalue weighted by Gasteiger charge is 2.41. The normalized spacial score (nSPS) is 28.5. The number of primary amides is 1. The molecule has 11 heteroatoms. The molecule has 3 fully saturated rings. The highest BCUT2D eigenvalue weighted by molar-refractivity contribution is 5.77. The Labute approximate surface area is 226 Å². The van der Waals surface area contributed by atoms with E-state index in [0.717, 1.165) is 61.2 Å². The van der Waals surface area contributed by atoms with Crippen molar-refractivity contribution in [1.82, 2.24) is 20.9 Å². The van der Waals surface area contributed by atoms with Crippen LogP contribution in [0.4, 0.5) is 23.2 Å². The van der Waals surface area contributed by atoms with Crippen molar-refractivity contribution in [3.63, 3.8) is 0 Å². The molecule has 2 aromatic rings. The second-order valence-corrected chi connectivity index (χ2v) is 10.7. The van der Waals surface area contributed by atoms with Gasteiger partial charge in [0.15, 0.2) is 6.17 Å². The van der Waals surface area contributed by atoms with Crippen molar-refractivity contribution >= 4 is 11.6 Å². The molecule has 212 valence electrons. The summed E-state index contributed by atoms with van der Waals surface area (Å²) in [5.74, 6) is -0.386. The second kappa shape index (κ2) is 11.8. The first-order valence-electron chi connectivity index (χ1n) is 13.6. The molecule has 0 bridgehead atoms. The first-order chi connectivity index (χ1) is 18.7. The number of amides is 1. The van der Waals surface area contributed by atoms with Crippen LogP contribution >= 0.6 is 0 Å². The van der Waals surface area contributed by atoms with E-state index in [9.17, 15) is 18.0 Å². The molecule has 3 heterocycles. The Bertz CT molecular complexity index is 1110. The third-order valence-electron chi connectivity index (χ3n) is 8.18. The van der Waals surface area contributed by atoms with Crippen LogP contribution in [0.15, 0.2) is 48.5 Å². The molecule has 0 aliphatic carbocycles. The van der Waals surface area contributed by atoms with Crippen LogP contribution in [-0.2, 0) is 17.5 Å². The smallest absolute Gasteiger partial charge is 0.371 e. The molecule has 0 spiro atoms. The number of piperidine rings is 1. The molecule has 5 atom stereocenters. The van der Waals surface area contributed by atoms with Crippen molar-refractivity contribution in [3.05, 3.63) is 65.2 Å². The number of nitrogens with zero attached hydrogens (tertiary/aromatic N) is 2. The number of likely N-dealkylation sites (tertiary alicyclic amines) is 1. The number of hydrogen-bond donors (Lipinski definition) is 4. The zero-order valence-electron chi connectivity index (χ0n) is 21.8. The number of alkyl halides is 4. The molecule has 3 aliphatic heterocycles. The molecule has 1 amide bonds. The molecule has 7 nitrogen and oxygen atoms in total. The Morgan fingerprint density at radius 3 is 2.41 bits per heavy atom. The Balaban J connectivity index is 1.18. The molecular formula is C28H36F4N6O. The fraction of sp³-hybridized carbons (Fsp3) is 0.536. The standard InChI is InChI=1S/C28H36F4N6O/c29-24-26(34-15-18-5-11-22(12-6-18)37-13-1-3-20(16-37)25(33)39)35-17-36-27(24)38-14-2-4-23(38)19-7-9-21(10-8-19)28(30,31)32/h5-12,20,23-24,26-27,34-36H,1-4,13-17H2,(H2,33,39). The van der Waals surface area contributed by atoms with Gasteiger partial charge in [-0.15, -0.1) is 0 Å². The predicted octanol–water partition coefficient (Wildman–Crippen LogP) is 3.47. The number of anilines is 1. The average molecular weight is 549 g/mol. The minimum Gasteiger partial charge on any atom is -0.371 e. The largest absolute Gasteiger partial charge is 0.416 e. The Hall–Kier alpha value is -2.73. The van der Waals surface area contributed by atoms with Gasteiger partial charge in [-0.1, -0.05) is 24.3 Å². The number of carbonyl (C=O) groups excluding carboxylic acids is 1. The SMILES string of the molecule is NC(=O)C1CCCN(c2ccc(CNC3NCNC(N4CCCC4c4ccc(C(F)(F)F)cc4)C3F)cc2)C1. The molecule has 2 aromatic carbocycles. The maximum absolute atomic E-state index is 15.8. The van der Waals surface area contributed by atoms with Crippen LogP contribution < -0.4 is 26.6 Å². The summed E-state index contributed by atoms with van der Waals surface area (Å²) in [4.78, 5) is 15.8. The fourth-order valence-corrected chi connectivity index (χ4v) is 6.04. The fourth-order valence-electron chi connectivity index (χ4n) is 6.04. The van der Waals surface area contributed by atoms with Gasteiger partial charge < -0.3 is 10.6 Å². The summed E-state index contributed by atoms with van der Waals surface area (Å²) in [5.41, 5.74) is 7.65. The van der Waals surface area contributed by atoms with Gasteiger partial charge in [0.25, 0.3) is 0 Å². The van der Waals surface area contributed by atoms with Crippen LogP contribution in [-0.4, -0.2) is 55.6 Å². The Kier molecular flexibility index (Phi) is 8.41. The van der Waals surface area contributed by atoms with Gasteiger partial charge in [-0.3, -0.25) is 25.6 Å². The van der Waals surface area contributed by atoms with E-state index >= 15 is 4.39 Å². The number of rotatable bonds is 7. The van der Waals surface area contributed by atoms with Gasteiger partial charge in [0.05, 0.1) is 23.8 Å². The van der Waals surface area contributed by atoms with Crippen LogP contribution in [0.1, 0.15) is 48.4 Å². The molecule has 0 aromatic heterocycles. The monoisotopic (exact) mass is 548 g/mol. The van der Waals surface area contributed by atoms with Crippen molar-refractivity contribution in [2.75, 3.05) is 31.2 Å². The lowest BCUT2D eigenvalue weighted by molar-refractivity contribution is -0.137. The lowest BCUT2D eigenvalue weighted by Crippen LogP contribution is -2.68. The van der Waals surface area contributed by atoms with Crippen LogP contribution in [0.2, 0.25) is 0 Å². The zero-order chi connectivity index (χ0) is 27.6. The summed E-state index contributed by atoms with van der Waals surface area (Å²) >= 11 is 0. The number of nitrogens with one attached hydrogen (secondary N) is 3. The van der Waals surface area contributed by atoms with Crippen LogP contribution in [0.3, 0.4) is 0 Å². The maximum atomic E-state index is 15.8. The van der Waals surface area contributed by atoms with Crippen molar-refractivity contribution in [3.8, 4) is 0 Å². The number of benzene rings is 2. The summed E-state index contributed by atoms with van der Waals surface area (Å²) in [7, 11) is 0. The Morgan fingerprint density at radius 2 is 1.72 bits per heavy atom. The first-order valence-corrected chi connectivity index (χ1v) is 13.6. The van der Waals surface area contributed by atoms with Gasteiger partial charge in [-0.25, -0.2) is 4.39 Å². The highest BCUT2D eigenvalue weighted by atomic mass is 19.4. The number of hydrogen-bond acceptors (Lipinski definition) is 6. The molecule has 5 N–H and O–H groups in total. The van der Waals surface area contributed by atoms with Gasteiger partial charge in [0.2, 0.25) is 5.91 Å². The van der Waals surface area contributed by atoms with E-state index in [1.807, 2.05) is 29.2 Å². The van der Waals surface area contributed by atoms with E-state index < -0.39 is 30.2 Å². The molecule has 0 radical (unpaired) electrons. The quantitative estimate of drug-likeness (QED) is 0.397. The maximum Gasteiger partial charge on any atom is 0.416 e. The van der Waals surface area contributed by atoms with E-state index in [1.165, 1.54) is 12.1 Å². The zero-order valence-corrected chi connectivity index (χ0v) is 21.8. The van der Waals surface area contributed by atoms with Crippen LogP contribution in [0, 0.1) is 5.92 Å². The third-order valence-corrected chi connectivity index (χ3v) is 8.18. The van der Waals surface area contributed by atoms with E-state index in [2.05, 4.69) is 20.9 Å². The molecule has 0 saturated carbocycles. The minimum atomic E-state index is -4.38. The van der Waals surface area contributed by atoms with Gasteiger partial charge >= 0.3 is 6.18 Å². The van der Waals surface area contributed by atoms with Gasteiger partial charge in [-0.2, -0.15) is 13.2 Å². The van der Waals surface area contributed by atoms with Gasteiger partial charge in [0, 0.05) is 44.6 Å². The summed E-state index contributed by atoms with van der Waals surface area (Å²) in [6.07, 6.45) is -3.42. The first kappa shape index (κ1) is 27.8. The van der Waals surface area contributed by atoms with Crippen molar-refractivity contribution in [2.45, 2.75) is 62.9 Å². The van der Waals surface area contributed by atoms with Crippen LogP contribution in [0.5, 0.6) is 0 Å². The molecule has 39 heavy (non-hydrogen) atoms. The third kappa shape index (κ3) is 6.37. The molecule has 3 aliphatic rings. The second-order valence-electron chi connectivity index (χ2n) is 10.7. The topological polar surface area (TPSA) is 85.7 Å². The molecule has 3 saturated heterocycles. The van der Waals surface area contributed by atoms with Crippen molar-refractivity contribution in [1.29, 1.82) is 0 Å². The average Bonchev–Trinajstić information content (AvgIpc) is 3.42. The van der Waals surface area contributed by atoms with E-state index in [0.29, 0.717) is 26.3 Å². The molecular weight excluding hydrogens is 512 g/mol. The Morgan fingerprint density at radius 1 is 1.00 bits per heavy atom. The lowest BCUT2D eigenvalue weighted by atomic mass is 9.97. The summed E-state index contributed by atoms with van der Waals surface area (Å²) in [5, 5.41) is 9.65. The van der Waals surface area contributed by atoms with Crippen molar-refractivity contribution < 1.29 is 22.4 Å². The van der Waals surface area contributed by atoms with Crippen LogP contribution in [0.25, 0.3) is 0 Å². The number of halogens is 4. The number of carbonyl (C=O) groups is 1. The predicted molar refractivity (Wildman–Crippen MR) is 141 cm³/mol. The molecule has 5 rings (SSSR count). The van der Waals surface area contributed by atoms with E-state index in [4.69, 9.17) is 5.73 Å². The van der Waals surface area contributed by atoms with E-state index in [1.54, 1.807) is 0 Å². The lowest BCUT2D eigenvalue weighted by Gasteiger charge is -2.42. The van der Waals surface area contributed by atoms with Gasteiger partial charge in [0.1, 0.15) is 0 Å². The summed E-state index contributed by atoms with van der Waals surface area (Å²) in [6, 6.07) is 13.1. The van der Waals surface area contributed by atoms with E-state index in [-0.39, 0.29) is 17.9 Å².